The Kier molecular flexibility index (Phi) is 9.26. The summed E-state index contributed by atoms with van der Waals surface area (Å²) in [6, 6.07) is 35.2. The maximum atomic E-state index is 10.3. The predicted octanol–water partition coefficient (Wildman–Crippen LogP) is 19.4. The Morgan fingerprint density at radius 2 is 1.19 bits per heavy atom. The summed E-state index contributed by atoms with van der Waals surface area (Å²) in [4.78, 5) is 4.74. The number of anilines is 4. The molecule has 0 saturated carbocycles. The van der Waals surface area contributed by atoms with Gasteiger partial charge in [0.15, 0.2) is 0 Å². The largest absolute Gasteiger partial charge is 0.457 e. The van der Waals surface area contributed by atoms with Gasteiger partial charge in [0, 0.05) is 45.9 Å². The number of para-hydroxylation sites is 3. The third-order valence-corrected chi connectivity index (χ3v) is 14.5. The van der Waals surface area contributed by atoms with Gasteiger partial charge in [0.25, 0.3) is 0 Å². The van der Waals surface area contributed by atoms with Crippen molar-refractivity contribution in [3.63, 3.8) is 0 Å². The van der Waals surface area contributed by atoms with Crippen LogP contribution in [0.4, 0.5) is 22.7 Å². The topological polar surface area (TPSA) is 51.1 Å². The SMILES string of the molecule is [2H]c1c([2H])c(-c2ccccc2)c([2H])c(-c2cc(C(C)(C)C)cc(-c3c([2H])c([2H])c4c(c3[2H])C(C)(C)CCC4(C)C)c2Nc2ccccc2Nc2cccc(Oc3ccc4c5c([2H])c([2H])c([2H])c([2H])c5n(-c5cc(C(C)(C)C)ccn5)c4c3)c2)c1[2H]. The molecule has 0 radical (unpaired) electrons. The van der Waals surface area contributed by atoms with Crippen LogP contribution in [0.1, 0.15) is 119 Å². The molecule has 2 aromatic heterocycles. The molecule has 74 heavy (non-hydrogen) atoms. The van der Waals surface area contributed by atoms with Crippen LogP contribution in [0.5, 0.6) is 11.5 Å². The van der Waals surface area contributed by atoms with E-state index in [0.29, 0.717) is 84.1 Å². The van der Waals surface area contributed by atoms with Gasteiger partial charge in [-0.1, -0.05) is 172 Å². The highest BCUT2D eigenvalue weighted by Gasteiger charge is 2.37. The van der Waals surface area contributed by atoms with E-state index in [4.69, 9.17) is 16.6 Å². The van der Waals surface area contributed by atoms with Gasteiger partial charge in [-0.3, -0.25) is 4.57 Å². The zero-order valence-electron chi connectivity index (χ0n) is 54.8. The maximum Gasteiger partial charge on any atom is 0.137 e. The van der Waals surface area contributed by atoms with Crippen LogP contribution in [-0.2, 0) is 21.7 Å². The summed E-state index contributed by atoms with van der Waals surface area (Å²) in [5.74, 6) is 1.41. The van der Waals surface area contributed by atoms with Crippen molar-refractivity contribution in [1.82, 2.24) is 9.55 Å². The standard InChI is InChI=1S/C69H68N4O/c1-66(2,3)49-34-37-70-64(42-49)73-62-29-17-14-26-54(62)55-32-31-53(44-63(55)73)74-52-25-19-24-51(43-52)71-60-27-15-16-28-61(60)72-65-56(47-23-18-22-46(38-47)45-20-12-11-13-21-45)40-50(67(4,5)6)41-57(65)48-30-33-58-59(39-48)69(9,10)36-35-68(58,7)8/h11-34,37-44,71-72H,35-36H2,1-10H3/i14D,17D,18D,22D,23D,26D,29D,30D,33D,38D,39D. The third kappa shape index (κ3) is 9.37. The van der Waals surface area contributed by atoms with Crippen LogP contribution in [0.3, 0.4) is 0 Å². The van der Waals surface area contributed by atoms with Gasteiger partial charge in [-0.15, -0.1) is 0 Å². The molecule has 0 atom stereocenters. The average molecular weight is 980 g/mol. The van der Waals surface area contributed by atoms with Crippen LogP contribution in [0, 0.1) is 0 Å². The fourth-order valence-electron chi connectivity index (χ4n) is 10.0. The molecule has 8 aromatic carbocycles. The lowest BCUT2D eigenvalue weighted by Gasteiger charge is -2.42. The van der Waals surface area contributed by atoms with E-state index < -0.39 is 16.2 Å². The van der Waals surface area contributed by atoms with Gasteiger partial charge in [-0.2, -0.15) is 0 Å². The second-order valence-corrected chi connectivity index (χ2v) is 22.9. The summed E-state index contributed by atoms with van der Waals surface area (Å²) in [5, 5.41) is 8.29. The van der Waals surface area contributed by atoms with Gasteiger partial charge in [0.05, 0.1) is 43.2 Å². The minimum Gasteiger partial charge on any atom is -0.457 e. The zero-order chi connectivity index (χ0) is 61.1. The van der Waals surface area contributed by atoms with Crippen molar-refractivity contribution in [3.8, 4) is 50.7 Å². The number of ether oxygens (including phenoxy) is 1. The minimum absolute atomic E-state index is 0.0528. The summed E-state index contributed by atoms with van der Waals surface area (Å²) in [6.07, 6.45) is 3.27. The quantitative estimate of drug-likeness (QED) is 0.143. The highest BCUT2D eigenvalue weighted by molar-refractivity contribution is 6.09. The van der Waals surface area contributed by atoms with E-state index in [1.54, 1.807) is 29.0 Å². The summed E-state index contributed by atoms with van der Waals surface area (Å²) in [6.45, 7) is 20.8. The maximum absolute atomic E-state index is 10.3. The molecule has 2 heterocycles. The molecule has 0 spiro atoms. The normalized spacial score (nSPS) is 16.3. The molecule has 0 saturated heterocycles. The molecular weight excluding hydrogens is 901 g/mol. The molecule has 0 bridgehead atoms. The monoisotopic (exact) mass is 980 g/mol. The first kappa shape index (κ1) is 36.9. The lowest BCUT2D eigenvalue weighted by atomic mass is 9.63. The fraction of sp³-hybridized carbons (Fsp3) is 0.232. The average Bonchev–Trinajstić information content (AvgIpc) is 1.70. The van der Waals surface area contributed by atoms with Gasteiger partial charge in [0.1, 0.15) is 17.3 Å². The predicted molar refractivity (Wildman–Crippen MR) is 314 cm³/mol. The number of aromatic nitrogens is 2. The second-order valence-electron chi connectivity index (χ2n) is 22.9. The van der Waals surface area contributed by atoms with Crippen molar-refractivity contribution in [2.45, 2.75) is 104 Å². The van der Waals surface area contributed by atoms with Gasteiger partial charge in [0.2, 0.25) is 0 Å². The van der Waals surface area contributed by atoms with Crippen LogP contribution < -0.4 is 15.4 Å². The first-order valence-corrected chi connectivity index (χ1v) is 25.4. The van der Waals surface area contributed by atoms with Gasteiger partial charge < -0.3 is 15.4 Å². The highest BCUT2D eigenvalue weighted by Crippen LogP contribution is 2.50. The Labute approximate surface area is 453 Å². The van der Waals surface area contributed by atoms with Gasteiger partial charge in [-0.05, 0) is 152 Å². The van der Waals surface area contributed by atoms with Crippen LogP contribution in [0.2, 0.25) is 0 Å². The number of benzene rings is 8. The van der Waals surface area contributed by atoms with Gasteiger partial charge >= 0.3 is 0 Å². The lowest BCUT2D eigenvalue weighted by Crippen LogP contribution is -2.33. The summed E-state index contributed by atoms with van der Waals surface area (Å²) < 4.78 is 112. The Hall–Kier alpha value is -7.89. The van der Waals surface area contributed by atoms with Crippen molar-refractivity contribution in [3.05, 3.63) is 216 Å². The van der Waals surface area contributed by atoms with E-state index in [2.05, 4.69) is 59.1 Å². The molecule has 0 aliphatic heterocycles. The van der Waals surface area contributed by atoms with E-state index in [-0.39, 0.29) is 88.6 Å². The Balaban J connectivity index is 1.06. The number of nitrogens with one attached hydrogen (secondary N) is 2. The number of pyridine rings is 1. The van der Waals surface area contributed by atoms with E-state index in [1.165, 1.54) is 0 Å². The minimum atomic E-state index is -0.557. The third-order valence-electron chi connectivity index (χ3n) is 14.5. The Morgan fingerprint density at radius 1 is 0.527 bits per heavy atom. The molecule has 0 unspecified atom stereocenters. The van der Waals surface area contributed by atoms with Crippen molar-refractivity contribution in [1.29, 1.82) is 0 Å². The van der Waals surface area contributed by atoms with Crippen LogP contribution in [0.15, 0.2) is 194 Å². The van der Waals surface area contributed by atoms with Crippen LogP contribution >= 0.6 is 0 Å². The molecule has 5 nitrogen and oxygen atoms in total. The van der Waals surface area contributed by atoms with E-state index >= 15 is 0 Å². The molecule has 0 fully saturated rings. The molecule has 370 valence electrons. The second kappa shape index (κ2) is 18.5. The van der Waals surface area contributed by atoms with Crippen molar-refractivity contribution < 1.29 is 19.8 Å². The van der Waals surface area contributed by atoms with Crippen molar-refractivity contribution >= 4 is 44.6 Å². The molecule has 0 amide bonds. The molecule has 10 aromatic rings. The van der Waals surface area contributed by atoms with E-state index in [1.807, 2.05) is 124 Å². The van der Waals surface area contributed by atoms with Crippen molar-refractivity contribution in [2.75, 3.05) is 10.6 Å². The molecule has 2 N–H and O–H groups in total. The summed E-state index contributed by atoms with van der Waals surface area (Å²) >= 11 is 0. The first-order valence-electron chi connectivity index (χ1n) is 30.9. The number of rotatable bonds is 10. The number of hydrogen-bond donors (Lipinski definition) is 2. The van der Waals surface area contributed by atoms with Crippen LogP contribution in [0.25, 0.3) is 61.0 Å². The first-order chi connectivity index (χ1) is 40.0. The number of hydrogen-bond acceptors (Lipinski definition) is 4. The van der Waals surface area contributed by atoms with Crippen LogP contribution in [-0.4, -0.2) is 9.55 Å². The molecule has 1 aliphatic rings. The summed E-state index contributed by atoms with van der Waals surface area (Å²) in [7, 11) is 0. The molecule has 11 rings (SSSR count). The lowest BCUT2D eigenvalue weighted by molar-refractivity contribution is 0.332. The highest BCUT2D eigenvalue weighted by atomic mass is 16.5. The van der Waals surface area contributed by atoms with E-state index in [9.17, 15) is 8.22 Å². The fourth-order valence-corrected chi connectivity index (χ4v) is 10.0. The summed E-state index contributed by atoms with van der Waals surface area (Å²) in [5.41, 5.74) is 6.32. The molecular formula is C69H68N4O. The molecule has 5 heteroatoms. The smallest absolute Gasteiger partial charge is 0.137 e. The van der Waals surface area contributed by atoms with E-state index in [0.717, 1.165) is 29.5 Å². The van der Waals surface area contributed by atoms with Gasteiger partial charge in [-0.25, -0.2) is 4.98 Å². The zero-order valence-corrected chi connectivity index (χ0v) is 43.8. The number of nitrogens with zero attached hydrogens (tertiary/aromatic N) is 2. The Bertz CT molecular complexity index is 4390. The van der Waals surface area contributed by atoms with Crippen molar-refractivity contribution in [2.24, 2.45) is 0 Å². The Morgan fingerprint density at radius 3 is 1.93 bits per heavy atom. The number of fused-ring (bicyclic) bond motifs is 4. The molecule has 1 aliphatic carbocycles.